The zero-order valence-electron chi connectivity index (χ0n) is 18.8. The topological polar surface area (TPSA) is 113 Å². The normalized spacial score (nSPS) is 15.0. The van der Waals surface area contributed by atoms with Gasteiger partial charge in [0.25, 0.3) is 5.91 Å². The average molecular weight is 477 g/mol. The van der Waals surface area contributed by atoms with E-state index in [4.69, 9.17) is 5.73 Å². The van der Waals surface area contributed by atoms with Gasteiger partial charge in [-0.15, -0.1) is 0 Å². The third-order valence-corrected chi connectivity index (χ3v) is 7.97. The van der Waals surface area contributed by atoms with E-state index in [1.54, 1.807) is 26.0 Å². The number of para-hydroxylation sites is 2. The first kappa shape index (κ1) is 24.7. The highest BCUT2D eigenvalue weighted by Gasteiger charge is 2.27. The monoisotopic (exact) mass is 476 g/mol. The standard InChI is InChI=1S/C23H29FN4O4S/c1-3-28(4-2)33(31,32)21-15-17(9-10-18(21)24)23(30)26-19-7-5-6-8-20(19)27-13-11-16(12-14-27)22(25)29/h5-10,15-16H,3-4,11-14H2,1-2H3,(H2,25,29)(H,26,30). The van der Waals surface area contributed by atoms with Crippen molar-refractivity contribution >= 4 is 33.2 Å². The molecule has 0 bridgehead atoms. The molecule has 0 unspecified atom stereocenters. The van der Waals surface area contributed by atoms with Crippen LogP contribution in [0.3, 0.4) is 0 Å². The third kappa shape index (κ3) is 5.33. The number of nitrogens with zero attached hydrogens (tertiary/aromatic N) is 2. The van der Waals surface area contributed by atoms with Gasteiger partial charge in [0.05, 0.1) is 11.4 Å². The summed E-state index contributed by atoms with van der Waals surface area (Å²) in [6, 6.07) is 10.5. The van der Waals surface area contributed by atoms with Gasteiger partial charge in [-0.1, -0.05) is 26.0 Å². The van der Waals surface area contributed by atoms with Crippen molar-refractivity contribution in [2.45, 2.75) is 31.6 Å². The molecule has 1 fully saturated rings. The van der Waals surface area contributed by atoms with Crippen LogP contribution in [0.25, 0.3) is 0 Å². The Morgan fingerprint density at radius 2 is 1.76 bits per heavy atom. The van der Waals surface area contributed by atoms with E-state index in [1.807, 2.05) is 12.1 Å². The molecular formula is C23H29FN4O4S. The van der Waals surface area contributed by atoms with E-state index >= 15 is 0 Å². The van der Waals surface area contributed by atoms with Gasteiger partial charge in [-0.05, 0) is 43.2 Å². The SMILES string of the molecule is CCN(CC)S(=O)(=O)c1cc(C(=O)Nc2ccccc2N2CCC(C(N)=O)CC2)ccc1F. The van der Waals surface area contributed by atoms with Crippen molar-refractivity contribution in [2.75, 3.05) is 36.4 Å². The van der Waals surface area contributed by atoms with Crippen LogP contribution in [-0.4, -0.2) is 50.7 Å². The van der Waals surface area contributed by atoms with Crippen molar-refractivity contribution in [2.24, 2.45) is 11.7 Å². The van der Waals surface area contributed by atoms with Crippen molar-refractivity contribution in [3.05, 3.63) is 53.8 Å². The Morgan fingerprint density at radius 3 is 2.36 bits per heavy atom. The van der Waals surface area contributed by atoms with Crippen LogP contribution in [0.4, 0.5) is 15.8 Å². The van der Waals surface area contributed by atoms with Gasteiger partial charge in [0.2, 0.25) is 15.9 Å². The van der Waals surface area contributed by atoms with E-state index in [-0.39, 0.29) is 30.5 Å². The molecule has 3 rings (SSSR count). The Kier molecular flexibility index (Phi) is 7.70. The highest BCUT2D eigenvalue weighted by atomic mass is 32.2. The molecule has 1 saturated heterocycles. The van der Waals surface area contributed by atoms with Crippen molar-refractivity contribution < 1.29 is 22.4 Å². The Balaban J connectivity index is 1.84. The number of amides is 2. The summed E-state index contributed by atoms with van der Waals surface area (Å²) in [7, 11) is -4.07. The first-order valence-corrected chi connectivity index (χ1v) is 12.4. The highest BCUT2D eigenvalue weighted by molar-refractivity contribution is 7.89. The lowest BCUT2D eigenvalue weighted by Gasteiger charge is -2.33. The summed E-state index contributed by atoms with van der Waals surface area (Å²) in [6.45, 7) is 4.94. The number of rotatable bonds is 8. The minimum atomic E-state index is -4.07. The van der Waals surface area contributed by atoms with E-state index in [2.05, 4.69) is 10.2 Å². The van der Waals surface area contributed by atoms with Gasteiger partial charge in [0, 0.05) is 37.7 Å². The lowest BCUT2D eigenvalue weighted by molar-refractivity contribution is -0.122. The van der Waals surface area contributed by atoms with Gasteiger partial charge >= 0.3 is 0 Å². The maximum Gasteiger partial charge on any atom is 0.255 e. The molecule has 0 spiro atoms. The lowest BCUT2D eigenvalue weighted by Crippen LogP contribution is -2.38. The number of carbonyl (C=O) groups excluding carboxylic acids is 2. The molecule has 2 amide bonds. The molecule has 0 aromatic heterocycles. The number of nitrogens with two attached hydrogens (primary N) is 1. The zero-order chi connectivity index (χ0) is 24.2. The van der Waals surface area contributed by atoms with Crippen molar-refractivity contribution in [1.82, 2.24) is 4.31 Å². The molecule has 0 aliphatic carbocycles. The molecule has 1 aliphatic rings. The van der Waals surface area contributed by atoms with Gasteiger partial charge in [-0.3, -0.25) is 9.59 Å². The van der Waals surface area contributed by atoms with E-state index in [1.165, 1.54) is 6.07 Å². The predicted molar refractivity (Wildman–Crippen MR) is 125 cm³/mol. The van der Waals surface area contributed by atoms with Crippen LogP contribution < -0.4 is 16.0 Å². The Morgan fingerprint density at radius 1 is 1.12 bits per heavy atom. The fourth-order valence-corrected chi connectivity index (χ4v) is 5.55. The Hall–Kier alpha value is -2.98. The zero-order valence-corrected chi connectivity index (χ0v) is 19.6. The smallest absolute Gasteiger partial charge is 0.255 e. The number of primary amides is 1. The van der Waals surface area contributed by atoms with Crippen LogP contribution >= 0.6 is 0 Å². The van der Waals surface area contributed by atoms with Crippen LogP contribution in [-0.2, 0) is 14.8 Å². The van der Waals surface area contributed by atoms with Crippen LogP contribution in [0.1, 0.15) is 37.0 Å². The van der Waals surface area contributed by atoms with Gasteiger partial charge in [0.15, 0.2) is 0 Å². The molecule has 0 radical (unpaired) electrons. The number of hydrogen-bond donors (Lipinski definition) is 2. The van der Waals surface area contributed by atoms with Gasteiger partial charge in [-0.25, -0.2) is 12.8 Å². The number of halogens is 1. The van der Waals surface area contributed by atoms with Gasteiger partial charge < -0.3 is 16.0 Å². The fraction of sp³-hybridized carbons (Fsp3) is 0.391. The second kappa shape index (κ2) is 10.3. The average Bonchev–Trinajstić information content (AvgIpc) is 2.80. The second-order valence-electron chi connectivity index (χ2n) is 7.87. The largest absolute Gasteiger partial charge is 0.370 e. The van der Waals surface area contributed by atoms with E-state index in [0.717, 1.165) is 22.1 Å². The van der Waals surface area contributed by atoms with E-state index < -0.39 is 26.6 Å². The fourth-order valence-electron chi connectivity index (χ4n) is 4.00. The first-order chi connectivity index (χ1) is 15.7. The number of sulfonamides is 1. The van der Waals surface area contributed by atoms with Crippen molar-refractivity contribution in [3.8, 4) is 0 Å². The van der Waals surface area contributed by atoms with E-state index in [9.17, 15) is 22.4 Å². The molecule has 3 N–H and O–H groups in total. The molecular weight excluding hydrogens is 447 g/mol. The Bertz CT molecular complexity index is 1130. The van der Waals surface area contributed by atoms with Crippen molar-refractivity contribution in [1.29, 1.82) is 0 Å². The van der Waals surface area contributed by atoms with Gasteiger partial charge in [-0.2, -0.15) is 4.31 Å². The summed E-state index contributed by atoms with van der Waals surface area (Å²) in [5, 5.41) is 2.81. The number of carbonyl (C=O) groups is 2. The summed E-state index contributed by atoms with van der Waals surface area (Å²) in [5.74, 6) is -1.92. The minimum absolute atomic E-state index is 0.0318. The first-order valence-electron chi connectivity index (χ1n) is 10.9. The number of anilines is 2. The molecule has 33 heavy (non-hydrogen) atoms. The molecule has 1 heterocycles. The molecule has 10 heteroatoms. The van der Waals surface area contributed by atoms with Crippen LogP contribution in [0.2, 0.25) is 0 Å². The summed E-state index contributed by atoms with van der Waals surface area (Å²) in [5.41, 5.74) is 6.77. The highest BCUT2D eigenvalue weighted by Crippen LogP contribution is 2.30. The van der Waals surface area contributed by atoms with Crippen LogP contribution in [0, 0.1) is 11.7 Å². The second-order valence-corrected chi connectivity index (χ2v) is 9.78. The summed E-state index contributed by atoms with van der Waals surface area (Å²) in [4.78, 5) is 26.0. The molecule has 178 valence electrons. The molecule has 2 aromatic carbocycles. The summed E-state index contributed by atoms with van der Waals surface area (Å²) in [6.07, 6.45) is 1.25. The lowest BCUT2D eigenvalue weighted by atomic mass is 9.96. The van der Waals surface area contributed by atoms with Crippen LogP contribution in [0.5, 0.6) is 0 Å². The van der Waals surface area contributed by atoms with Gasteiger partial charge in [0.1, 0.15) is 10.7 Å². The predicted octanol–water partition coefficient (Wildman–Crippen LogP) is 2.81. The number of piperidine rings is 1. The van der Waals surface area contributed by atoms with Crippen LogP contribution in [0.15, 0.2) is 47.4 Å². The third-order valence-electron chi connectivity index (χ3n) is 5.91. The number of hydrogen-bond acceptors (Lipinski definition) is 5. The van der Waals surface area contributed by atoms with E-state index in [0.29, 0.717) is 31.6 Å². The number of nitrogens with one attached hydrogen (secondary N) is 1. The number of benzene rings is 2. The minimum Gasteiger partial charge on any atom is -0.370 e. The molecule has 1 aliphatic heterocycles. The molecule has 8 nitrogen and oxygen atoms in total. The maximum atomic E-state index is 14.4. The summed E-state index contributed by atoms with van der Waals surface area (Å²) < 4.78 is 41.1. The molecule has 0 atom stereocenters. The van der Waals surface area contributed by atoms with Crippen molar-refractivity contribution in [3.63, 3.8) is 0 Å². The molecule has 2 aromatic rings. The Labute approximate surface area is 193 Å². The summed E-state index contributed by atoms with van der Waals surface area (Å²) >= 11 is 0. The quantitative estimate of drug-likeness (QED) is 0.608. The molecule has 0 saturated carbocycles. The maximum absolute atomic E-state index is 14.4.